The predicted molar refractivity (Wildman–Crippen MR) is 60.0 cm³/mol. The third-order valence-electron chi connectivity index (χ3n) is 2.41. The molecule has 0 aromatic carbocycles. The quantitative estimate of drug-likeness (QED) is 0.498. The number of hydrogen-bond acceptors (Lipinski definition) is 2. The summed E-state index contributed by atoms with van der Waals surface area (Å²) >= 11 is 0. The van der Waals surface area contributed by atoms with E-state index < -0.39 is 0 Å². The SMILES string of the molecule is CCN(CC)CCCC=C(C)C(N)=O. The number of hydrogen-bond donors (Lipinski definition) is 1. The van der Waals surface area contributed by atoms with Crippen molar-refractivity contribution in [2.75, 3.05) is 19.6 Å². The number of rotatable bonds is 7. The fourth-order valence-corrected chi connectivity index (χ4v) is 1.27. The van der Waals surface area contributed by atoms with Gasteiger partial charge in [0.05, 0.1) is 0 Å². The molecule has 0 atom stereocenters. The molecule has 0 aromatic rings. The van der Waals surface area contributed by atoms with Crippen molar-refractivity contribution >= 4 is 5.91 Å². The van der Waals surface area contributed by atoms with Gasteiger partial charge in [-0.25, -0.2) is 0 Å². The minimum atomic E-state index is -0.312. The van der Waals surface area contributed by atoms with Gasteiger partial charge in [-0.05, 0) is 39.4 Å². The van der Waals surface area contributed by atoms with Crippen LogP contribution in [-0.4, -0.2) is 30.4 Å². The van der Waals surface area contributed by atoms with Gasteiger partial charge in [0.25, 0.3) is 0 Å². The van der Waals surface area contributed by atoms with Crippen molar-refractivity contribution in [1.29, 1.82) is 0 Å². The molecular weight excluding hydrogens is 176 g/mol. The summed E-state index contributed by atoms with van der Waals surface area (Å²) in [6, 6.07) is 0. The fraction of sp³-hybridized carbons (Fsp3) is 0.727. The Kier molecular flexibility index (Phi) is 7.11. The van der Waals surface area contributed by atoms with Gasteiger partial charge >= 0.3 is 0 Å². The van der Waals surface area contributed by atoms with Gasteiger partial charge in [0.2, 0.25) is 5.91 Å². The standard InChI is InChI=1S/C11H22N2O/c1-4-13(5-2)9-7-6-8-10(3)11(12)14/h8H,4-7,9H2,1-3H3,(H2,12,14). The highest BCUT2D eigenvalue weighted by atomic mass is 16.1. The second-order valence-corrected chi connectivity index (χ2v) is 3.42. The summed E-state index contributed by atoms with van der Waals surface area (Å²) in [5, 5.41) is 0. The summed E-state index contributed by atoms with van der Waals surface area (Å²) in [4.78, 5) is 13.1. The molecule has 0 fully saturated rings. The van der Waals surface area contributed by atoms with Crippen molar-refractivity contribution in [3.05, 3.63) is 11.6 Å². The lowest BCUT2D eigenvalue weighted by Crippen LogP contribution is -2.23. The van der Waals surface area contributed by atoms with Crippen molar-refractivity contribution in [2.24, 2.45) is 5.73 Å². The molecule has 0 spiro atoms. The van der Waals surface area contributed by atoms with E-state index in [0.717, 1.165) is 32.5 Å². The van der Waals surface area contributed by atoms with E-state index >= 15 is 0 Å². The first-order valence-corrected chi connectivity index (χ1v) is 5.30. The highest BCUT2D eigenvalue weighted by Crippen LogP contribution is 1.99. The Labute approximate surface area is 87.0 Å². The number of nitrogens with zero attached hydrogens (tertiary/aromatic N) is 1. The molecule has 0 saturated heterocycles. The zero-order chi connectivity index (χ0) is 11.0. The van der Waals surface area contributed by atoms with Crippen molar-refractivity contribution < 1.29 is 4.79 Å². The molecule has 0 unspecified atom stereocenters. The Balaban J connectivity index is 3.64. The zero-order valence-electron chi connectivity index (χ0n) is 9.55. The van der Waals surface area contributed by atoms with E-state index in [2.05, 4.69) is 18.7 Å². The van der Waals surface area contributed by atoms with Crippen LogP contribution in [-0.2, 0) is 4.79 Å². The van der Waals surface area contributed by atoms with E-state index in [1.54, 1.807) is 6.92 Å². The molecule has 82 valence electrons. The van der Waals surface area contributed by atoms with Gasteiger partial charge in [-0.1, -0.05) is 19.9 Å². The molecule has 0 aliphatic carbocycles. The molecule has 1 amide bonds. The Morgan fingerprint density at radius 3 is 2.36 bits per heavy atom. The third kappa shape index (κ3) is 5.75. The van der Waals surface area contributed by atoms with Crippen molar-refractivity contribution in [2.45, 2.75) is 33.6 Å². The molecule has 0 aromatic heterocycles. The molecule has 0 aliphatic heterocycles. The first-order chi connectivity index (χ1) is 6.61. The Hall–Kier alpha value is -0.830. The smallest absolute Gasteiger partial charge is 0.244 e. The van der Waals surface area contributed by atoms with Crippen molar-refractivity contribution in [3.63, 3.8) is 0 Å². The monoisotopic (exact) mass is 198 g/mol. The number of amides is 1. The Morgan fingerprint density at radius 1 is 1.36 bits per heavy atom. The second-order valence-electron chi connectivity index (χ2n) is 3.42. The zero-order valence-corrected chi connectivity index (χ0v) is 9.55. The first kappa shape index (κ1) is 13.2. The molecule has 0 aliphatic rings. The Morgan fingerprint density at radius 2 is 1.93 bits per heavy atom. The molecule has 14 heavy (non-hydrogen) atoms. The maximum atomic E-state index is 10.7. The molecule has 0 radical (unpaired) electrons. The van der Waals surface area contributed by atoms with Gasteiger partial charge in [0.15, 0.2) is 0 Å². The minimum absolute atomic E-state index is 0.312. The normalized spacial score (nSPS) is 12.1. The summed E-state index contributed by atoms with van der Waals surface area (Å²) < 4.78 is 0. The highest BCUT2D eigenvalue weighted by molar-refractivity contribution is 5.91. The maximum absolute atomic E-state index is 10.7. The lowest BCUT2D eigenvalue weighted by Gasteiger charge is -2.16. The van der Waals surface area contributed by atoms with Crippen LogP contribution in [0.25, 0.3) is 0 Å². The molecule has 0 bridgehead atoms. The van der Waals surface area contributed by atoms with Crippen LogP contribution in [0.5, 0.6) is 0 Å². The molecule has 2 N–H and O–H groups in total. The lowest BCUT2D eigenvalue weighted by molar-refractivity contribution is -0.114. The number of carbonyl (C=O) groups excluding carboxylic acids is 1. The van der Waals surface area contributed by atoms with E-state index in [4.69, 9.17) is 5.73 Å². The molecular formula is C11H22N2O. The summed E-state index contributed by atoms with van der Waals surface area (Å²) in [6.45, 7) is 9.36. The number of nitrogens with two attached hydrogens (primary N) is 1. The fourth-order valence-electron chi connectivity index (χ4n) is 1.27. The van der Waals surface area contributed by atoms with Crippen LogP contribution >= 0.6 is 0 Å². The largest absolute Gasteiger partial charge is 0.366 e. The van der Waals surface area contributed by atoms with Gasteiger partial charge in [-0.15, -0.1) is 0 Å². The summed E-state index contributed by atoms with van der Waals surface area (Å²) in [5.41, 5.74) is 5.78. The number of unbranched alkanes of at least 4 members (excludes halogenated alkanes) is 1. The number of carbonyl (C=O) groups is 1. The van der Waals surface area contributed by atoms with Gasteiger partial charge < -0.3 is 10.6 Å². The molecule has 0 saturated carbocycles. The van der Waals surface area contributed by atoms with Crippen LogP contribution in [0.4, 0.5) is 0 Å². The van der Waals surface area contributed by atoms with Crippen molar-refractivity contribution in [1.82, 2.24) is 4.90 Å². The average Bonchev–Trinajstić information content (AvgIpc) is 2.17. The van der Waals surface area contributed by atoms with Crippen LogP contribution in [0.2, 0.25) is 0 Å². The van der Waals surface area contributed by atoms with Crippen LogP contribution in [0.15, 0.2) is 11.6 Å². The van der Waals surface area contributed by atoms with E-state index in [1.807, 2.05) is 6.08 Å². The maximum Gasteiger partial charge on any atom is 0.244 e. The van der Waals surface area contributed by atoms with E-state index in [-0.39, 0.29) is 5.91 Å². The summed E-state index contributed by atoms with van der Waals surface area (Å²) in [7, 11) is 0. The van der Waals surface area contributed by atoms with Gasteiger partial charge in [-0.2, -0.15) is 0 Å². The predicted octanol–water partition coefficient (Wildman–Crippen LogP) is 1.54. The van der Waals surface area contributed by atoms with Crippen LogP contribution in [0.3, 0.4) is 0 Å². The Bertz CT molecular complexity index is 195. The van der Waals surface area contributed by atoms with Crippen LogP contribution in [0, 0.1) is 0 Å². The second kappa shape index (κ2) is 7.56. The van der Waals surface area contributed by atoms with Crippen LogP contribution in [0.1, 0.15) is 33.6 Å². The first-order valence-electron chi connectivity index (χ1n) is 5.30. The van der Waals surface area contributed by atoms with E-state index in [1.165, 1.54) is 0 Å². The molecule has 0 rings (SSSR count). The van der Waals surface area contributed by atoms with Gasteiger partial charge in [0, 0.05) is 5.57 Å². The number of allylic oxidation sites excluding steroid dienone is 1. The van der Waals surface area contributed by atoms with E-state index in [0.29, 0.717) is 5.57 Å². The van der Waals surface area contributed by atoms with Gasteiger partial charge in [0.1, 0.15) is 0 Å². The topological polar surface area (TPSA) is 46.3 Å². The average molecular weight is 198 g/mol. The third-order valence-corrected chi connectivity index (χ3v) is 2.41. The lowest BCUT2D eigenvalue weighted by atomic mass is 10.2. The van der Waals surface area contributed by atoms with Crippen LogP contribution < -0.4 is 5.73 Å². The molecule has 3 nitrogen and oxygen atoms in total. The summed E-state index contributed by atoms with van der Waals surface area (Å²) in [5.74, 6) is -0.312. The molecule has 0 heterocycles. The highest BCUT2D eigenvalue weighted by Gasteiger charge is 1.98. The number of primary amides is 1. The molecule has 3 heteroatoms. The van der Waals surface area contributed by atoms with Crippen molar-refractivity contribution in [3.8, 4) is 0 Å². The van der Waals surface area contributed by atoms with Gasteiger partial charge in [-0.3, -0.25) is 4.79 Å². The minimum Gasteiger partial charge on any atom is -0.366 e. The summed E-state index contributed by atoms with van der Waals surface area (Å²) in [6.07, 6.45) is 3.95. The van der Waals surface area contributed by atoms with E-state index in [9.17, 15) is 4.79 Å².